The van der Waals surface area contributed by atoms with Gasteiger partial charge in [-0.1, -0.05) is 24.3 Å². The number of benzene rings is 2. The Morgan fingerprint density at radius 1 is 1.11 bits per heavy atom. The van der Waals surface area contributed by atoms with Crippen LogP contribution in [0.25, 0.3) is 0 Å². The van der Waals surface area contributed by atoms with Crippen molar-refractivity contribution in [2.24, 2.45) is 5.73 Å². The average molecular weight is 498 g/mol. The van der Waals surface area contributed by atoms with Crippen molar-refractivity contribution in [3.63, 3.8) is 0 Å². The molecule has 2 aromatic rings. The third kappa shape index (κ3) is 3.56. The quantitative estimate of drug-likeness (QED) is 0.328. The van der Waals surface area contributed by atoms with E-state index in [9.17, 15) is 34.8 Å². The van der Waals surface area contributed by atoms with E-state index in [1.807, 2.05) is 0 Å². The van der Waals surface area contributed by atoms with Crippen molar-refractivity contribution in [2.75, 3.05) is 0 Å². The van der Waals surface area contributed by atoms with Gasteiger partial charge in [0.05, 0.1) is 29.4 Å². The Hall–Kier alpha value is -3.15. The molecule has 0 amide bonds. The number of phenols is 2. The molecule has 6 atom stereocenters. The fourth-order valence-electron chi connectivity index (χ4n) is 5.42. The van der Waals surface area contributed by atoms with E-state index in [4.69, 9.17) is 15.2 Å². The van der Waals surface area contributed by atoms with Gasteiger partial charge in [0.25, 0.3) is 0 Å². The van der Waals surface area contributed by atoms with Crippen LogP contribution in [0.4, 0.5) is 0 Å². The fourth-order valence-corrected chi connectivity index (χ4v) is 5.42. The van der Waals surface area contributed by atoms with E-state index in [2.05, 4.69) is 0 Å². The molecule has 5 rings (SSSR count). The third-order valence-corrected chi connectivity index (χ3v) is 7.50. The van der Waals surface area contributed by atoms with Gasteiger partial charge in [0.1, 0.15) is 17.1 Å². The molecule has 3 aliphatic rings. The number of ether oxygens (including phenoxy) is 2. The Kier molecular flexibility index (Phi) is 5.77. The topological polar surface area (TPSA) is 177 Å². The van der Waals surface area contributed by atoms with E-state index in [0.717, 1.165) is 0 Å². The van der Waals surface area contributed by atoms with Gasteiger partial charge in [0.15, 0.2) is 23.6 Å². The van der Waals surface area contributed by atoms with Crippen molar-refractivity contribution in [3.8, 4) is 11.5 Å². The molecular formula is C26H27NO9. The maximum absolute atomic E-state index is 13.3. The van der Waals surface area contributed by atoms with Crippen LogP contribution in [-0.4, -0.2) is 67.9 Å². The van der Waals surface area contributed by atoms with Crippen LogP contribution in [0.3, 0.4) is 0 Å². The summed E-state index contributed by atoms with van der Waals surface area (Å²) in [5.41, 5.74) is 3.38. The van der Waals surface area contributed by atoms with Crippen molar-refractivity contribution in [1.82, 2.24) is 0 Å². The van der Waals surface area contributed by atoms with E-state index in [1.165, 1.54) is 19.1 Å². The Morgan fingerprint density at radius 2 is 1.69 bits per heavy atom. The highest BCUT2D eigenvalue weighted by Gasteiger charge is 2.49. The number of hydrogen-bond donors (Lipinski definition) is 5. The van der Waals surface area contributed by atoms with E-state index in [-0.39, 0.29) is 46.2 Å². The van der Waals surface area contributed by atoms with E-state index in [0.29, 0.717) is 0 Å². The molecule has 0 unspecified atom stereocenters. The predicted molar refractivity (Wildman–Crippen MR) is 124 cm³/mol. The van der Waals surface area contributed by atoms with E-state index >= 15 is 0 Å². The lowest BCUT2D eigenvalue weighted by Gasteiger charge is -2.42. The first kappa shape index (κ1) is 24.5. The minimum atomic E-state index is -1.97. The van der Waals surface area contributed by atoms with Crippen molar-refractivity contribution in [3.05, 3.63) is 57.6 Å². The molecule has 0 spiro atoms. The number of nitrogens with two attached hydrogens (primary N) is 1. The van der Waals surface area contributed by atoms with Gasteiger partial charge in [-0.15, -0.1) is 0 Å². The van der Waals surface area contributed by atoms with Crippen molar-refractivity contribution >= 4 is 17.3 Å². The summed E-state index contributed by atoms with van der Waals surface area (Å²) in [4.78, 5) is 39.0. The van der Waals surface area contributed by atoms with Gasteiger partial charge in [-0.05, 0) is 13.8 Å². The van der Waals surface area contributed by atoms with Crippen LogP contribution in [0.15, 0.2) is 24.3 Å². The SMILES string of the molecule is CC(=O)[C@]1(O)Cc2c(O)c3c(c(O)c2[C@@H](O[C@@H]2C[C@H](N)[C@@H](O)[C@@H](C)O2)C1)C(=O)c1ccccc1C3=O. The molecule has 2 aliphatic carbocycles. The van der Waals surface area contributed by atoms with Crippen LogP contribution in [0.5, 0.6) is 11.5 Å². The number of phenolic OH excluding ortho intramolecular Hbond substituents is 2. The fraction of sp³-hybridized carbons (Fsp3) is 0.423. The number of ketones is 3. The van der Waals surface area contributed by atoms with Gasteiger partial charge in [-0.3, -0.25) is 14.4 Å². The van der Waals surface area contributed by atoms with Gasteiger partial charge in [-0.2, -0.15) is 0 Å². The summed E-state index contributed by atoms with van der Waals surface area (Å²) < 4.78 is 11.8. The number of fused-ring (bicyclic) bond motifs is 3. The number of Topliss-reactive ketones (excluding diaryl/α,β-unsaturated/α-hetero) is 1. The number of aliphatic hydroxyl groups excluding tert-OH is 1. The number of carbonyl (C=O) groups is 3. The number of carbonyl (C=O) groups excluding carboxylic acids is 3. The molecule has 36 heavy (non-hydrogen) atoms. The largest absolute Gasteiger partial charge is 0.507 e. The number of rotatable bonds is 3. The van der Waals surface area contributed by atoms with Crippen LogP contribution < -0.4 is 5.73 Å². The van der Waals surface area contributed by atoms with Crippen LogP contribution >= 0.6 is 0 Å². The molecule has 190 valence electrons. The molecule has 0 aromatic heterocycles. The molecule has 6 N–H and O–H groups in total. The lowest BCUT2D eigenvalue weighted by molar-refractivity contribution is -0.247. The smallest absolute Gasteiger partial charge is 0.198 e. The second kappa shape index (κ2) is 8.46. The monoisotopic (exact) mass is 497 g/mol. The number of aromatic hydroxyl groups is 2. The Morgan fingerprint density at radius 3 is 2.25 bits per heavy atom. The highest BCUT2D eigenvalue weighted by molar-refractivity contribution is 6.30. The molecule has 10 heteroatoms. The minimum Gasteiger partial charge on any atom is -0.507 e. The van der Waals surface area contributed by atoms with E-state index < -0.39 is 71.5 Å². The summed E-state index contributed by atoms with van der Waals surface area (Å²) >= 11 is 0. The first-order valence-corrected chi connectivity index (χ1v) is 11.7. The molecule has 1 aliphatic heterocycles. The summed E-state index contributed by atoms with van der Waals surface area (Å²) in [7, 11) is 0. The van der Waals surface area contributed by atoms with Crippen LogP contribution in [0.1, 0.15) is 75.8 Å². The molecule has 0 radical (unpaired) electrons. The van der Waals surface area contributed by atoms with Gasteiger partial charge in [0.2, 0.25) is 0 Å². The molecule has 1 heterocycles. The number of hydrogen-bond acceptors (Lipinski definition) is 10. The lowest BCUT2D eigenvalue weighted by atomic mass is 9.72. The normalized spacial score (nSPS) is 31.4. The Labute approximate surface area is 206 Å². The standard InChI is InChI=1S/C26H27NO9/c1-10-21(29)15(27)7-17(35-10)36-16-9-26(34,11(2)28)8-14-18(16)25(33)20-19(24(14)32)22(30)12-5-3-4-6-13(12)23(20)31/h3-6,10,15-17,21,29,32-34H,7-9,27H2,1-2H3/t10-,15+,16+,17-,21+,26+/m1/s1. The van der Waals surface area contributed by atoms with Gasteiger partial charge in [-0.25, -0.2) is 0 Å². The maximum atomic E-state index is 13.3. The van der Waals surface area contributed by atoms with Crippen LogP contribution in [-0.2, 0) is 20.7 Å². The van der Waals surface area contributed by atoms with E-state index in [1.54, 1.807) is 19.1 Å². The van der Waals surface area contributed by atoms with Gasteiger partial charge in [0, 0.05) is 47.6 Å². The molecular weight excluding hydrogens is 470 g/mol. The molecule has 10 nitrogen and oxygen atoms in total. The summed E-state index contributed by atoms with van der Waals surface area (Å²) in [5.74, 6) is -3.06. The van der Waals surface area contributed by atoms with Crippen LogP contribution in [0, 0.1) is 0 Å². The third-order valence-electron chi connectivity index (χ3n) is 7.50. The first-order valence-electron chi connectivity index (χ1n) is 11.7. The van der Waals surface area contributed by atoms with Gasteiger partial charge < -0.3 is 35.6 Å². The molecule has 2 aromatic carbocycles. The molecule has 0 bridgehead atoms. The Bertz CT molecular complexity index is 1290. The minimum absolute atomic E-state index is 0.00588. The van der Waals surface area contributed by atoms with Crippen molar-refractivity contribution < 1.29 is 44.3 Å². The average Bonchev–Trinajstić information content (AvgIpc) is 2.82. The number of aliphatic hydroxyl groups is 2. The lowest BCUT2D eigenvalue weighted by Crippen LogP contribution is -2.52. The second-order valence-electron chi connectivity index (χ2n) is 9.80. The zero-order chi connectivity index (χ0) is 26.1. The molecule has 1 fully saturated rings. The summed E-state index contributed by atoms with van der Waals surface area (Å²) in [5, 5.41) is 43.8. The molecule has 1 saturated heterocycles. The summed E-state index contributed by atoms with van der Waals surface area (Å²) in [6.45, 7) is 2.80. The Balaban J connectivity index is 1.66. The zero-order valence-corrected chi connectivity index (χ0v) is 19.7. The van der Waals surface area contributed by atoms with Gasteiger partial charge >= 0.3 is 0 Å². The highest BCUT2D eigenvalue weighted by atomic mass is 16.7. The molecule has 0 saturated carbocycles. The second-order valence-corrected chi connectivity index (χ2v) is 9.80. The zero-order valence-electron chi connectivity index (χ0n) is 19.7. The van der Waals surface area contributed by atoms with Crippen molar-refractivity contribution in [1.29, 1.82) is 0 Å². The first-order chi connectivity index (χ1) is 16.9. The predicted octanol–water partition coefficient (Wildman–Crippen LogP) is 1.02. The highest BCUT2D eigenvalue weighted by Crippen LogP contribution is 2.51. The maximum Gasteiger partial charge on any atom is 0.198 e. The summed E-state index contributed by atoms with van der Waals surface area (Å²) in [6, 6.07) is 5.40. The summed E-state index contributed by atoms with van der Waals surface area (Å²) in [6.07, 6.45) is -4.38. The van der Waals surface area contributed by atoms with Crippen LogP contribution in [0.2, 0.25) is 0 Å². The van der Waals surface area contributed by atoms with Crippen molar-refractivity contribution in [2.45, 2.75) is 69.4 Å².